The minimum atomic E-state index is -2.03. The molecule has 0 saturated carbocycles. The molecule has 1 N–H and O–H groups in total. The summed E-state index contributed by atoms with van der Waals surface area (Å²) in [5, 5.41) is 9.90. The van der Waals surface area contributed by atoms with Crippen molar-refractivity contribution in [3.63, 3.8) is 0 Å². The van der Waals surface area contributed by atoms with Crippen LogP contribution in [0.3, 0.4) is 0 Å². The molecular weight excluding hydrogens is 380 g/mol. The molecule has 29 heavy (non-hydrogen) atoms. The van der Waals surface area contributed by atoms with Crippen molar-refractivity contribution in [2.45, 2.75) is 71.7 Å². The Balaban J connectivity index is 5.16. The molecule has 0 aromatic rings. The maximum absolute atomic E-state index is 11.8. The number of hydrogen-bond acceptors (Lipinski definition) is 4. The molecule has 0 aromatic carbocycles. The highest BCUT2D eigenvalue weighted by Gasteiger charge is 2.41. The summed E-state index contributed by atoms with van der Waals surface area (Å²) in [4.78, 5) is 11.8. The van der Waals surface area contributed by atoms with Crippen molar-refractivity contribution in [2.24, 2.45) is 11.8 Å². The molecule has 0 radical (unpaired) electrons. The van der Waals surface area contributed by atoms with Crippen LogP contribution in [-0.2, 0) is 14.0 Å². The van der Waals surface area contributed by atoms with Crippen molar-refractivity contribution in [1.82, 2.24) is 0 Å². The first-order chi connectivity index (χ1) is 13.4. The van der Waals surface area contributed by atoms with Crippen molar-refractivity contribution in [2.75, 3.05) is 13.2 Å². The van der Waals surface area contributed by atoms with Crippen molar-refractivity contribution in [1.29, 1.82) is 0 Å². The molecule has 0 unspecified atom stereocenters. The third-order valence-corrected chi connectivity index (χ3v) is 9.95. The first-order valence-corrected chi connectivity index (χ1v) is 13.3. The second-order valence-corrected chi connectivity index (χ2v) is 13.9. The number of carbonyl (C=O) groups excluding carboxylic acids is 1. The summed E-state index contributed by atoms with van der Waals surface area (Å²) >= 11 is 0. The molecule has 3 atom stereocenters. The number of ether oxygens (including phenoxy) is 1. The maximum Gasteiger partial charge on any atom is 0.330 e. The topological polar surface area (TPSA) is 55.8 Å². The van der Waals surface area contributed by atoms with E-state index in [1.165, 1.54) is 6.08 Å². The van der Waals surface area contributed by atoms with E-state index in [0.717, 1.165) is 18.4 Å². The molecule has 0 aliphatic carbocycles. The van der Waals surface area contributed by atoms with Crippen LogP contribution in [0.5, 0.6) is 0 Å². The third-order valence-electron chi connectivity index (χ3n) is 5.47. The van der Waals surface area contributed by atoms with Gasteiger partial charge in [-0.05, 0) is 43.5 Å². The lowest BCUT2D eigenvalue weighted by atomic mass is 9.91. The van der Waals surface area contributed by atoms with Gasteiger partial charge < -0.3 is 14.3 Å². The first-order valence-electron chi connectivity index (χ1n) is 10.4. The molecule has 0 rings (SSSR count). The van der Waals surface area contributed by atoms with Gasteiger partial charge in [-0.2, -0.15) is 0 Å². The number of hydrogen-bond donors (Lipinski definition) is 1. The zero-order valence-corrected chi connectivity index (χ0v) is 20.5. The average Bonchev–Trinajstić information content (AvgIpc) is 2.62. The molecule has 0 aromatic heterocycles. The second-order valence-electron chi connectivity index (χ2n) is 9.17. The number of aliphatic hydroxyl groups is 1. The summed E-state index contributed by atoms with van der Waals surface area (Å²) in [6.07, 6.45) is 10.3. The highest BCUT2D eigenvalue weighted by molar-refractivity contribution is 6.74. The Kier molecular flexibility index (Phi) is 12.3. The normalized spacial score (nSPS) is 16.3. The number of allylic oxidation sites excluding steroid dienone is 2. The van der Waals surface area contributed by atoms with E-state index in [4.69, 9.17) is 9.16 Å². The molecule has 166 valence electrons. The number of carbonyl (C=O) groups is 1. The molecule has 0 heterocycles. The van der Waals surface area contributed by atoms with Gasteiger partial charge in [0.1, 0.15) is 6.61 Å². The molecule has 0 spiro atoms. The Bertz CT molecular complexity index is 584. The molecule has 0 fully saturated rings. The van der Waals surface area contributed by atoms with E-state index < -0.39 is 8.32 Å². The van der Waals surface area contributed by atoms with Gasteiger partial charge in [0.15, 0.2) is 8.32 Å². The van der Waals surface area contributed by atoms with Crippen LogP contribution in [0.15, 0.2) is 49.1 Å². The smallest absolute Gasteiger partial charge is 0.330 e. The van der Waals surface area contributed by atoms with Crippen LogP contribution in [0, 0.1) is 11.8 Å². The Hall–Kier alpha value is -1.43. The summed E-state index contributed by atoms with van der Waals surface area (Å²) in [7, 11) is -2.03. The molecule has 5 heteroatoms. The monoisotopic (exact) mass is 422 g/mol. The maximum atomic E-state index is 11.8. The highest BCUT2D eigenvalue weighted by Crippen LogP contribution is 2.39. The van der Waals surface area contributed by atoms with Crippen LogP contribution >= 0.6 is 0 Å². The standard InChI is InChI=1S/C24H42O4Si/c1-10-12-13-14-15-22(26)27-18-19(3)16-20(4)23(21(11-2)17-25)28-29(8,9)24(5,6)7/h10-11,14-16,20-21,23,25H,1-2,12-13,17-18H2,3-9H3/b15-14+,19-16-/t20-,21-,23+/m1/s1. The van der Waals surface area contributed by atoms with Gasteiger partial charge in [0.05, 0.1) is 12.7 Å². The Labute approximate surface area is 179 Å². The summed E-state index contributed by atoms with van der Waals surface area (Å²) in [5.41, 5.74) is 0.954. The van der Waals surface area contributed by atoms with Gasteiger partial charge in [-0.15, -0.1) is 13.2 Å². The average molecular weight is 423 g/mol. The quantitative estimate of drug-likeness (QED) is 0.134. The molecular formula is C24H42O4Si. The van der Waals surface area contributed by atoms with Crippen LogP contribution in [0.25, 0.3) is 0 Å². The summed E-state index contributed by atoms with van der Waals surface area (Å²) in [6, 6.07) is 0. The lowest BCUT2D eigenvalue weighted by molar-refractivity contribution is -0.136. The van der Waals surface area contributed by atoms with Crippen molar-refractivity contribution < 1.29 is 19.1 Å². The van der Waals surface area contributed by atoms with Gasteiger partial charge in [-0.25, -0.2) is 4.79 Å². The van der Waals surface area contributed by atoms with E-state index in [2.05, 4.69) is 60.0 Å². The fraction of sp³-hybridized carbons (Fsp3) is 0.625. The van der Waals surface area contributed by atoms with Gasteiger partial charge >= 0.3 is 5.97 Å². The zero-order valence-electron chi connectivity index (χ0n) is 19.5. The molecule has 4 nitrogen and oxygen atoms in total. The predicted molar refractivity (Wildman–Crippen MR) is 125 cm³/mol. The van der Waals surface area contributed by atoms with E-state index in [-0.39, 0.29) is 42.2 Å². The van der Waals surface area contributed by atoms with Gasteiger partial charge in [-0.3, -0.25) is 0 Å². The van der Waals surface area contributed by atoms with E-state index in [1.54, 1.807) is 12.2 Å². The minimum absolute atomic E-state index is 0.00942. The Morgan fingerprint density at radius 1 is 1.21 bits per heavy atom. The molecule has 0 aliphatic heterocycles. The Morgan fingerprint density at radius 2 is 1.83 bits per heavy atom. The highest BCUT2D eigenvalue weighted by atomic mass is 28.4. The van der Waals surface area contributed by atoms with Crippen LogP contribution in [0.1, 0.15) is 47.5 Å². The van der Waals surface area contributed by atoms with Crippen LogP contribution in [0.4, 0.5) is 0 Å². The molecule has 0 saturated heterocycles. The van der Waals surface area contributed by atoms with Crippen LogP contribution < -0.4 is 0 Å². The van der Waals surface area contributed by atoms with Gasteiger partial charge in [0.2, 0.25) is 0 Å². The number of esters is 1. The first kappa shape index (κ1) is 27.6. The fourth-order valence-corrected chi connectivity index (χ4v) is 4.06. The number of unbranched alkanes of at least 4 members (excludes halogenated alkanes) is 1. The van der Waals surface area contributed by atoms with Gasteiger partial charge in [-0.1, -0.05) is 52.0 Å². The molecule has 0 bridgehead atoms. The van der Waals surface area contributed by atoms with Crippen molar-refractivity contribution in [3.8, 4) is 0 Å². The lowest BCUT2D eigenvalue weighted by Crippen LogP contribution is -2.47. The SMILES string of the molecule is C=CCC/C=C/C(=O)OC/C(C)=C\[C@@H](C)[C@H](O[Si](C)(C)C(C)(C)C)[C@H](C=C)CO. The van der Waals surface area contributed by atoms with Gasteiger partial charge in [0.25, 0.3) is 0 Å². The Morgan fingerprint density at radius 3 is 2.31 bits per heavy atom. The third kappa shape index (κ3) is 10.2. The van der Waals surface area contributed by atoms with Crippen molar-refractivity contribution in [3.05, 3.63) is 49.1 Å². The second kappa shape index (κ2) is 13.0. The van der Waals surface area contributed by atoms with Crippen LogP contribution in [0.2, 0.25) is 18.1 Å². The van der Waals surface area contributed by atoms with E-state index in [0.29, 0.717) is 0 Å². The van der Waals surface area contributed by atoms with E-state index in [1.807, 2.05) is 13.0 Å². The summed E-state index contributed by atoms with van der Waals surface area (Å²) in [5.74, 6) is -0.456. The summed E-state index contributed by atoms with van der Waals surface area (Å²) in [6.45, 7) is 22.8. The molecule has 0 aliphatic rings. The van der Waals surface area contributed by atoms with Gasteiger partial charge in [0, 0.05) is 17.9 Å². The number of aliphatic hydroxyl groups excluding tert-OH is 1. The number of rotatable bonds is 13. The van der Waals surface area contributed by atoms with Crippen molar-refractivity contribution >= 4 is 14.3 Å². The minimum Gasteiger partial charge on any atom is -0.458 e. The predicted octanol–water partition coefficient (Wildman–Crippen LogP) is 5.82. The van der Waals surface area contributed by atoms with E-state index >= 15 is 0 Å². The fourth-order valence-electron chi connectivity index (χ4n) is 2.63. The summed E-state index contributed by atoms with van der Waals surface area (Å²) < 4.78 is 12.0. The molecule has 0 amide bonds. The lowest BCUT2D eigenvalue weighted by Gasteiger charge is -2.42. The zero-order chi connectivity index (χ0) is 22.7. The van der Waals surface area contributed by atoms with E-state index in [9.17, 15) is 9.90 Å². The largest absolute Gasteiger partial charge is 0.458 e. The van der Waals surface area contributed by atoms with Crippen LogP contribution in [-0.4, -0.2) is 38.7 Å².